The lowest BCUT2D eigenvalue weighted by Crippen LogP contribution is -2.18. The Kier molecular flexibility index (Phi) is 3.18. The molecule has 0 saturated carbocycles. The van der Waals surface area contributed by atoms with Crippen LogP contribution in [0.3, 0.4) is 0 Å². The van der Waals surface area contributed by atoms with Crippen molar-refractivity contribution in [1.82, 2.24) is 19.5 Å². The molecule has 0 radical (unpaired) electrons. The van der Waals surface area contributed by atoms with Crippen LogP contribution in [0.2, 0.25) is 0 Å². The Balaban J connectivity index is 2.54. The first-order chi connectivity index (χ1) is 8.04. The van der Waals surface area contributed by atoms with Gasteiger partial charge in [-0.25, -0.2) is 13.1 Å². The van der Waals surface area contributed by atoms with Crippen LogP contribution < -0.4 is 4.72 Å². The average molecular weight is 270 g/mol. The van der Waals surface area contributed by atoms with Crippen molar-refractivity contribution in [3.63, 3.8) is 0 Å². The number of thiol groups is 1. The van der Waals surface area contributed by atoms with E-state index >= 15 is 0 Å². The first-order valence-corrected chi connectivity index (χ1v) is 6.60. The van der Waals surface area contributed by atoms with Crippen LogP contribution >= 0.6 is 12.6 Å². The number of nitrogens with zero attached hydrogens (tertiary/aromatic N) is 3. The number of aromatic nitrogens is 3. The summed E-state index contributed by atoms with van der Waals surface area (Å²) in [5.41, 5.74) is 0.635. The quantitative estimate of drug-likeness (QED) is 0.795. The summed E-state index contributed by atoms with van der Waals surface area (Å²) in [5, 5.41) is 7.79. The van der Waals surface area contributed by atoms with Crippen LogP contribution in [0.15, 0.2) is 40.6 Å². The molecule has 0 bridgehead atoms. The number of rotatable bonds is 3. The maximum absolute atomic E-state index is 11.6. The first-order valence-electron chi connectivity index (χ1n) is 4.67. The Morgan fingerprint density at radius 2 is 2.18 bits per heavy atom. The summed E-state index contributed by atoms with van der Waals surface area (Å²) in [4.78, 5) is 0.180. The molecule has 2 aromatic rings. The van der Waals surface area contributed by atoms with E-state index in [4.69, 9.17) is 0 Å². The Hall–Kier alpha value is -1.38. The highest BCUT2D eigenvalue weighted by atomic mass is 32.2. The van der Waals surface area contributed by atoms with Gasteiger partial charge in [-0.15, -0.1) is 22.8 Å². The van der Waals surface area contributed by atoms with Gasteiger partial charge < -0.3 is 0 Å². The highest BCUT2D eigenvalue weighted by Gasteiger charge is 2.12. The van der Waals surface area contributed by atoms with Crippen molar-refractivity contribution in [3.8, 4) is 5.69 Å². The normalized spacial score (nSPS) is 11.6. The molecule has 0 spiro atoms. The Morgan fingerprint density at radius 3 is 2.76 bits per heavy atom. The van der Waals surface area contributed by atoms with Gasteiger partial charge in [-0.2, -0.15) is 0 Å². The van der Waals surface area contributed by atoms with Crippen molar-refractivity contribution in [3.05, 3.63) is 30.6 Å². The lowest BCUT2D eigenvalue weighted by atomic mass is 10.3. The second-order valence-corrected chi connectivity index (χ2v) is 5.49. The van der Waals surface area contributed by atoms with Gasteiger partial charge in [-0.3, -0.25) is 4.57 Å². The minimum atomic E-state index is -3.45. The largest absolute Gasteiger partial charge is 0.277 e. The maximum atomic E-state index is 11.6. The summed E-state index contributed by atoms with van der Waals surface area (Å²) < 4.78 is 27.1. The van der Waals surface area contributed by atoms with Crippen molar-refractivity contribution >= 4 is 22.7 Å². The molecular weight excluding hydrogens is 260 g/mol. The smallest absolute Gasteiger partial charge is 0.240 e. The van der Waals surface area contributed by atoms with Gasteiger partial charge >= 0.3 is 0 Å². The Morgan fingerprint density at radius 1 is 1.41 bits per heavy atom. The molecule has 8 heteroatoms. The Bertz CT molecular complexity index is 636. The molecule has 0 saturated heterocycles. The van der Waals surface area contributed by atoms with Crippen molar-refractivity contribution < 1.29 is 8.42 Å². The summed E-state index contributed by atoms with van der Waals surface area (Å²) >= 11 is 4.11. The molecule has 1 aromatic heterocycles. The topological polar surface area (TPSA) is 76.9 Å². The third kappa shape index (κ3) is 2.33. The minimum absolute atomic E-state index is 0.180. The molecule has 0 aliphatic rings. The average Bonchev–Trinajstić information content (AvgIpc) is 2.76. The number of nitrogens with one attached hydrogen (secondary N) is 1. The van der Waals surface area contributed by atoms with E-state index in [1.54, 1.807) is 16.7 Å². The van der Waals surface area contributed by atoms with E-state index in [0.717, 1.165) is 0 Å². The zero-order chi connectivity index (χ0) is 12.5. The van der Waals surface area contributed by atoms with E-state index in [0.29, 0.717) is 10.8 Å². The van der Waals surface area contributed by atoms with Crippen molar-refractivity contribution in [1.29, 1.82) is 0 Å². The van der Waals surface area contributed by atoms with Gasteiger partial charge in [0, 0.05) is 0 Å². The molecule has 2 rings (SSSR count). The van der Waals surface area contributed by atoms with Crippen molar-refractivity contribution in [2.75, 3.05) is 7.05 Å². The lowest BCUT2D eigenvalue weighted by Gasteiger charge is -2.06. The summed E-state index contributed by atoms with van der Waals surface area (Å²) in [5.74, 6) is 0. The zero-order valence-electron chi connectivity index (χ0n) is 8.90. The minimum Gasteiger partial charge on any atom is -0.277 e. The van der Waals surface area contributed by atoms with Crippen LogP contribution in [0.1, 0.15) is 0 Å². The highest BCUT2D eigenvalue weighted by molar-refractivity contribution is 7.89. The second kappa shape index (κ2) is 4.47. The van der Waals surface area contributed by atoms with E-state index in [1.807, 2.05) is 0 Å². The fraction of sp³-hybridized carbons (Fsp3) is 0.111. The van der Waals surface area contributed by atoms with Crippen LogP contribution in [0.4, 0.5) is 0 Å². The van der Waals surface area contributed by atoms with Crippen LogP contribution in [0.25, 0.3) is 5.69 Å². The molecule has 6 nitrogen and oxygen atoms in total. The van der Waals surface area contributed by atoms with Crippen molar-refractivity contribution in [2.45, 2.75) is 10.1 Å². The standard InChI is InChI=1S/C9H10N4O2S2/c1-10-17(14,15)8-4-2-3-7(5-8)13-6-11-12-9(13)16/h2-6,10H,1H3,(H,12,16). The van der Waals surface area contributed by atoms with Gasteiger partial charge in [0.05, 0.1) is 10.6 Å². The molecule has 1 aromatic carbocycles. The predicted octanol–water partition coefficient (Wildman–Crippen LogP) is 0.464. The first kappa shape index (κ1) is 12.1. The van der Waals surface area contributed by atoms with E-state index in [9.17, 15) is 8.42 Å². The fourth-order valence-electron chi connectivity index (χ4n) is 1.33. The van der Waals surface area contributed by atoms with Crippen LogP contribution in [-0.2, 0) is 10.0 Å². The van der Waals surface area contributed by atoms with Crippen LogP contribution in [0, 0.1) is 0 Å². The third-order valence-corrected chi connectivity index (χ3v) is 3.92. The van der Waals surface area contributed by atoms with E-state index in [-0.39, 0.29) is 4.90 Å². The summed E-state index contributed by atoms with van der Waals surface area (Å²) in [7, 11) is -2.09. The molecule has 0 amide bonds. The Labute approximate surface area is 104 Å². The SMILES string of the molecule is CNS(=O)(=O)c1cccc(-n2cnnc2S)c1. The summed E-state index contributed by atoms with van der Waals surface area (Å²) in [6, 6.07) is 6.43. The highest BCUT2D eigenvalue weighted by Crippen LogP contribution is 2.16. The molecule has 0 aliphatic heterocycles. The molecule has 0 atom stereocenters. The zero-order valence-corrected chi connectivity index (χ0v) is 10.6. The molecule has 0 fully saturated rings. The summed E-state index contributed by atoms with van der Waals surface area (Å²) in [6.45, 7) is 0. The third-order valence-electron chi connectivity index (χ3n) is 2.20. The fourth-order valence-corrected chi connectivity index (χ4v) is 2.32. The van der Waals surface area contributed by atoms with Gasteiger partial charge in [-0.1, -0.05) is 6.07 Å². The van der Waals surface area contributed by atoms with E-state index in [2.05, 4.69) is 27.5 Å². The molecule has 1 N–H and O–H groups in total. The molecule has 90 valence electrons. The molecule has 0 unspecified atom stereocenters. The number of hydrogen-bond acceptors (Lipinski definition) is 5. The van der Waals surface area contributed by atoms with Crippen LogP contribution in [-0.4, -0.2) is 30.2 Å². The van der Waals surface area contributed by atoms with Gasteiger partial charge in [0.1, 0.15) is 6.33 Å². The lowest BCUT2D eigenvalue weighted by molar-refractivity contribution is 0.588. The summed E-state index contributed by atoms with van der Waals surface area (Å²) in [6.07, 6.45) is 1.47. The van der Waals surface area contributed by atoms with Gasteiger partial charge in [0.25, 0.3) is 0 Å². The van der Waals surface area contributed by atoms with Gasteiger partial charge in [0.15, 0.2) is 5.16 Å². The van der Waals surface area contributed by atoms with E-state index in [1.165, 1.54) is 25.5 Å². The van der Waals surface area contributed by atoms with Gasteiger partial charge in [-0.05, 0) is 25.2 Å². The molecule has 1 heterocycles. The number of hydrogen-bond donors (Lipinski definition) is 2. The monoisotopic (exact) mass is 270 g/mol. The van der Waals surface area contributed by atoms with Crippen molar-refractivity contribution in [2.24, 2.45) is 0 Å². The number of sulfonamides is 1. The van der Waals surface area contributed by atoms with E-state index < -0.39 is 10.0 Å². The number of benzene rings is 1. The predicted molar refractivity (Wildman–Crippen MR) is 64.9 cm³/mol. The maximum Gasteiger partial charge on any atom is 0.240 e. The molecule has 17 heavy (non-hydrogen) atoms. The second-order valence-electron chi connectivity index (χ2n) is 3.21. The molecular formula is C9H10N4O2S2. The van der Waals surface area contributed by atoms with Gasteiger partial charge in [0.2, 0.25) is 10.0 Å². The van der Waals surface area contributed by atoms with Crippen LogP contribution in [0.5, 0.6) is 0 Å². The molecule has 0 aliphatic carbocycles.